The van der Waals surface area contributed by atoms with Crippen molar-refractivity contribution in [2.24, 2.45) is 0 Å². The van der Waals surface area contributed by atoms with Gasteiger partial charge in [0.1, 0.15) is 11.5 Å². The predicted octanol–water partition coefficient (Wildman–Crippen LogP) is 12.2. The van der Waals surface area contributed by atoms with Crippen LogP contribution in [0.1, 0.15) is 61.5 Å². The van der Waals surface area contributed by atoms with Gasteiger partial charge in [0.25, 0.3) is 0 Å². The maximum Gasteiger partial charge on any atom is 0.417 e. The molecular weight excluding hydrogens is 788 g/mol. The highest BCUT2D eigenvalue weighted by Crippen LogP contribution is 2.62. The van der Waals surface area contributed by atoms with Crippen molar-refractivity contribution in [1.82, 2.24) is 0 Å². The zero-order valence-corrected chi connectivity index (χ0v) is 33.3. The summed E-state index contributed by atoms with van der Waals surface area (Å²) in [7, 11) is -5.31. The Morgan fingerprint density at radius 3 is 1.07 bits per heavy atom. The summed E-state index contributed by atoms with van der Waals surface area (Å²) in [4.78, 5) is 0. The zero-order chi connectivity index (χ0) is 41.3. The second-order valence-electron chi connectivity index (χ2n) is 11.9. The van der Waals surface area contributed by atoms with Crippen molar-refractivity contribution in [2.75, 3.05) is 51.3 Å². The Kier molecular flexibility index (Phi) is 15.1. The molecule has 306 valence electrons. The van der Waals surface area contributed by atoms with E-state index < -0.39 is 61.4 Å². The van der Waals surface area contributed by atoms with Crippen LogP contribution in [0, 0.1) is 0 Å². The molecule has 0 fully saturated rings. The molecule has 0 aliphatic rings. The first kappa shape index (κ1) is 44.7. The van der Waals surface area contributed by atoms with Crippen molar-refractivity contribution in [3.8, 4) is 22.6 Å². The van der Waals surface area contributed by atoms with Gasteiger partial charge < -0.3 is 38.2 Å². The van der Waals surface area contributed by atoms with E-state index in [1.807, 2.05) is 0 Å². The number of hydrogen-bond donors (Lipinski definition) is 2. The Hall–Kier alpha value is -4.04. The lowest BCUT2D eigenvalue weighted by atomic mass is 9.93. The van der Waals surface area contributed by atoms with Gasteiger partial charge in [-0.15, -0.1) is 0 Å². The fourth-order valence-electron chi connectivity index (χ4n) is 5.88. The lowest BCUT2D eigenvalue weighted by Crippen LogP contribution is -2.17. The molecule has 4 aromatic carbocycles. The third-order valence-electron chi connectivity index (χ3n) is 8.28. The summed E-state index contributed by atoms with van der Waals surface area (Å²) in [6, 6.07) is 17.7. The van der Waals surface area contributed by atoms with Crippen LogP contribution in [0.25, 0.3) is 11.1 Å². The molecule has 4 aromatic rings. The number of rotatable bonds is 19. The number of methoxy groups -OCH3 is 2. The van der Waals surface area contributed by atoms with Crippen LogP contribution < -0.4 is 20.1 Å². The Morgan fingerprint density at radius 2 is 0.821 bits per heavy atom. The topological polar surface area (TPSA) is 114 Å². The predicted molar refractivity (Wildman–Crippen MR) is 202 cm³/mol. The van der Waals surface area contributed by atoms with E-state index in [0.717, 1.165) is 24.3 Å². The van der Waals surface area contributed by atoms with Crippen LogP contribution in [0.5, 0.6) is 11.5 Å². The second kappa shape index (κ2) is 18.9. The van der Waals surface area contributed by atoms with Crippen molar-refractivity contribution >= 4 is 26.6 Å². The molecule has 0 heterocycles. The highest BCUT2D eigenvalue weighted by atomic mass is 31.2. The summed E-state index contributed by atoms with van der Waals surface area (Å²) in [6.45, 7) is 6.06. The Bertz CT molecular complexity index is 1830. The Labute approximate surface area is 321 Å². The lowest BCUT2D eigenvalue weighted by molar-refractivity contribution is -0.139. The number of hydrogen-bond acceptors (Lipinski definition) is 10. The summed E-state index contributed by atoms with van der Waals surface area (Å²) >= 11 is 0. The van der Waals surface area contributed by atoms with Gasteiger partial charge >= 0.3 is 27.5 Å². The average molecular weight is 833 g/mol. The highest BCUT2D eigenvalue weighted by molar-refractivity contribution is 7.54. The van der Waals surface area contributed by atoms with E-state index in [-0.39, 0.29) is 37.8 Å². The maximum atomic E-state index is 14.8. The molecule has 0 aliphatic carbocycles. The number of anilines is 2. The molecule has 0 bridgehead atoms. The van der Waals surface area contributed by atoms with Crippen LogP contribution in [0.15, 0.2) is 84.9 Å². The van der Waals surface area contributed by atoms with Crippen molar-refractivity contribution < 1.29 is 63.0 Å². The standard InChI is InChI=1S/C38H44F6N2O8P2/c1-7-51-55(47,52-8-2)35(25-11-17-29(49-5)18-12-25)45-27-15-21-31(33(23-27)37(39,40)41)32-22-16-28(24-34(32)38(42,43)44)46-36(56(48,53-9-3)54-10-4)26-13-19-30(50-6)20-14-26/h11-24,35-36,45-46H,7-10H2,1-6H3. The number of nitrogens with one attached hydrogen (secondary N) is 2. The van der Waals surface area contributed by atoms with E-state index in [2.05, 4.69) is 10.6 Å². The molecule has 0 saturated carbocycles. The molecule has 0 amide bonds. The molecular formula is C38H44F6N2O8P2. The van der Waals surface area contributed by atoms with Crippen molar-refractivity contribution in [1.29, 1.82) is 0 Å². The molecule has 4 rings (SSSR count). The molecule has 18 heteroatoms. The minimum atomic E-state index is -5.15. The van der Waals surface area contributed by atoms with Crippen molar-refractivity contribution in [2.45, 2.75) is 51.6 Å². The lowest BCUT2D eigenvalue weighted by Gasteiger charge is -2.29. The van der Waals surface area contributed by atoms with Crippen LogP contribution in [0.3, 0.4) is 0 Å². The number of halogens is 6. The van der Waals surface area contributed by atoms with E-state index in [0.29, 0.717) is 34.8 Å². The number of ether oxygens (including phenoxy) is 2. The van der Waals surface area contributed by atoms with Gasteiger partial charge in [-0.2, -0.15) is 26.3 Å². The third kappa shape index (κ3) is 10.7. The summed E-state index contributed by atoms with van der Waals surface area (Å²) in [5.74, 6) is -1.73. The first-order valence-electron chi connectivity index (χ1n) is 17.5. The minimum Gasteiger partial charge on any atom is -0.497 e. The fourth-order valence-corrected chi connectivity index (χ4v) is 9.75. The number of alkyl halides is 6. The fraction of sp³-hybridized carbons (Fsp3) is 0.368. The molecule has 2 unspecified atom stereocenters. The summed E-state index contributed by atoms with van der Waals surface area (Å²) in [5, 5.41) is 5.65. The van der Waals surface area contributed by atoms with Crippen LogP contribution in [0.2, 0.25) is 0 Å². The molecule has 0 radical (unpaired) electrons. The number of benzene rings is 4. The van der Waals surface area contributed by atoms with Crippen LogP contribution in [0.4, 0.5) is 37.7 Å². The zero-order valence-electron chi connectivity index (χ0n) is 31.5. The summed E-state index contributed by atoms with van der Waals surface area (Å²) in [6.07, 6.45) is -10.3. The molecule has 56 heavy (non-hydrogen) atoms. The van der Waals surface area contributed by atoms with E-state index >= 15 is 0 Å². The Balaban J connectivity index is 1.85. The molecule has 0 aliphatic heterocycles. The van der Waals surface area contributed by atoms with E-state index in [1.165, 1.54) is 38.5 Å². The van der Waals surface area contributed by atoms with E-state index in [4.69, 9.17) is 27.6 Å². The summed E-state index contributed by atoms with van der Waals surface area (Å²) in [5.41, 5.74) is -4.17. The molecule has 10 nitrogen and oxygen atoms in total. The van der Waals surface area contributed by atoms with Gasteiger partial charge in [0.2, 0.25) is 0 Å². The van der Waals surface area contributed by atoms with Crippen LogP contribution >= 0.6 is 15.2 Å². The molecule has 0 spiro atoms. The molecule has 0 aromatic heterocycles. The molecule has 2 atom stereocenters. The SMILES string of the molecule is CCOP(=O)(OCC)C(Nc1ccc(-c2ccc(NC(c3ccc(OC)cc3)P(=O)(OCC)OCC)cc2C(F)(F)F)c(C(F)(F)F)c1)c1ccc(OC)cc1. The largest absolute Gasteiger partial charge is 0.497 e. The van der Waals surface area contributed by atoms with Crippen LogP contribution in [-0.2, 0) is 39.6 Å². The highest BCUT2D eigenvalue weighted by Gasteiger charge is 2.42. The van der Waals surface area contributed by atoms with E-state index in [9.17, 15) is 35.5 Å². The van der Waals surface area contributed by atoms with Gasteiger partial charge in [-0.3, -0.25) is 9.13 Å². The first-order valence-corrected chi connectivity index (χ1v) is 20.7. The smallest absolute Gasteiger partial charge is 0.417 e. The monoisotopic (exact) mass is 832 g/mol. The minimum absolute atomic E-state index is 0.0565. The van der Waals surface area contributed by atoms with Crippen molar-refractivity contribution in [3.63, 3.8) is 0 Å². The van der Waals surface area contributed by atoms with Gasteiger partial charge in [0.05, 0.1) is 51.8 Å². The second-order valence-corrected chi connectivity index (χ2v) is 16.1. The molecule has 2 N–H and O–H groups in total. The Morgan fingerprint density at radius 1 is 0.518 bits per heavy atom. The molecule has 0 saturated heterocycles. The first-order chi connectivity index (χ1) is 26.5. The third-order valence-corrected chi connectivity index (χ3v) is 12.9. The van der Waals surface area contributed by atoms with Gasteiger partial charge in [0, 0.05) is 11.4 Å². The van der Waals surface area contributed by atoms with E-state index in [1.54, 1.807) is 52.0 Å². The van der Waals surface area contributed by atoms with Gasteiger partial charge in [-0.1, -0.05) is 36.4 Å². The van der Waals surface area contributed by atoms with Gasteiger partial charge in [0.15, 0.2) is 11.6 Å². The maximum absolute atomic E-state index is 14.8. The quantitative estimate of drug-likeness (QED) is 0.0699. The normalized spacial score (nSPS) is 13.6. The van der Waals surface area contributed by atoms with Crippen molar-refractivity contribution in [3.05, 3.63) is 107 Å². The van der Waals surface area contributed by atoms with Crippen LogP contribution in [-0.4, -0.2) is 40.6 Å². The van der Waals surface area contributed by atoms with Gasteiger partial charge in [-0.25, -0.2) is 0 Å². The van der Waals surface area contributed by atoms with Gasteiger partial charge in [-0.05, 0) is 98.5 Å². The summed E-state index contributed by atoms with van der Waals surface area (Å²) < 4.78 is 150. The average Bonchev–Trinajstić information content (AvgIpc) is 3.15.